The van der Waals surface area contributed by atoms with Gasteiger partial charge in [0.25, 0.3) is 0 Å². The summed E-state index contributed by atoms with van der Waals surface area (Å²) in [5.74, 6) is 3.37. The first-order valence-corrected chi connectivity index (χ1v) is 9.24. The maximum atomic E-state index is 9.76. The summed E-state index contributed by atoms with van der Waals surface area (Å²) in [5, 5.41) is 9.76. The van der Waals surface area contributed by atoms with E-state index in [0.717, 1.165) is 24.9 Å². The molecule has 0 heterocycles. The number of hydrogen-bond donors (Lipinski definition) is 2. The highest BCUT2D eigenvalue weighted by Crippen LogP contribution is 2.43. The number of aliphatic hydroxyl groups excluding tert-OH is 1. The Morgan fingerprint density at radius 3 is 2.36 bits per heavy atom. The Bertz CT molecular complexity index is 296. The molecule has 1 fully saturated rings. The predicted octanol–water partition coefficient (Wildman–Crippen LogP) is 4.35. The Hall–Kier alpha value is 0.230. The lowest BCUT2D eigenvalue weighted by Crippen LogP contribution is -2.38. The lowest BCUT2D eigenvalue weighted by atomic mass is 9.65. The predicted molar refractivity (Wildman–Crippen MR) is 95.0 cm³/mol. The van der Waals surface area contributed by atoms with Gasteiger partial charge in [0, 0.05) is 20.1 Å². The molecule has 3 nitrogen and oxygen atoms in total. The molecule has 0 radical (unpaired) electrons. The number of hydrogen-bond acceptors (Lipinski definition) is 4. The molecule has 4 heteroatoms. The molecule has 0 aromatic carbocycles. The molecular weight excluding hydrogens is 296 g/mol. The molecule has 0 aromatic heterocycles. The second kappa shape index (κ2) is 10.2. The topological polar surface area (TPSA) is 38.7 Å². The summed E-state index contributed by atoms with van der Waals surface area (Å²) in [7, 11) is 1.75. The van der Waals surface area contributed by atoms with Crippen LogP contribution in [0.4, 0.5) is 0 Å². The van der Waals surface area contributed by atoms with Crippen molar-refractivity contribution in [1.29, 1.82) is 0 Å². The summed E-state index contributed by atoms with van der Waals surface area (Å²) in [6.45, 7) is 9.64. The summed E-state index contributed by atoms with van der Waals surface area (Å²) in [4.78, 5) is 0. The third-order valence-corrected chi connectivity index (χ3v) is 5.88. The normalized spacial score (nSPS) is 30.3. The average Bonchev–Trinajstić information content (AvgIpc) is 2.46. The number of ether oxygens (including phenoxy) is 1. The van der Waals surface area contributed by atoms with E-state index in [0.29, 0.717) is 24.2 Å². The summed E-state index contributed by atoms with van der Waals surface area (Å²) < 4.78 is 10.8. The minimum absolute atomic E-state index is 0.00142. The van der Waals surface area contributed by atoms with E-state index in [-0.39, 0.29) is 12.2 Å². The molecule has 1 aliphatic rings. The lowest BCUT2D eigenvalue weighted by molar-refractivity contribution is 0.00616. The average molecular weight is 333 g/mol. The van der Waals surface area contributed by atoms with Gasteiger partial charge in [-0.05, 0) is 75.1 Å². The van der Waals surface area contributed by atoms with E-state index in [1.165, 1.54) is 19.3 Å². The summed E-state index contributed by atoms with van der Waals surface area (Å²) in [6, 6.07) is 0. The van der Waals surface area contributed by atoms with Gasteiger partial charge in [-0.15, -0.1) is 0 Å². The zero-order valence-electron chi connectivity index (χ0n) is 15.0. The first-order valence-electron chi connectivity index (χ1n) is 8.87. The summed E-state index contributed by atoms with van der Waals surface area (Å²) in [6.07, 6.45) is 5.14. The molecule has 5 unspecified atom stereocenters. The van der Waals surface area contributed by atoms with Gasteiger partial charge in [0.1, 0.15) is 0 Å². The first kappa shape index (κ1) is 20.3. The summed E-state index contributed by atoms with van der Waals surface area (Å²) >= 11 is 4.10. The van der Waals surface area contributed by atoms with Crippen molar-refractivity contribution >= 4 is 12.9 Å². The van der Waals surface area contributed by atoms with E-state index < -0.39 is 0 Å². The fraction of sp³-hybridized carbons (Fsp3) is 1.00. The van der Waals surface area contributed by atoms with E-state index in [2.05, 4.69) is 33.7 Å². The molecule has 6 atom stereocenters. The van der Waals surface area contributed by atoms with Crippen LogP contribution in [0.2, 0.25) is 0 Å². The maximum Gasteiger partial charge on any atom is 0.0775 e. The van der Waals surface area contributed by atoms with Crippen LogP contribution >= 0.6 is 12.9 Å². The number of rotatable bonds is 9. The van der Waals surface area contributed by atoms with Crippen molar-refractivity contribution in [2.24, 2.45) is 29.6 Å². The highest BCUT2D eigenvalue weighted by Gasteiger charge is 2.37. The Morgan fingerprint density at radius 1 is 1.23 bits per heavy atom. The van der Waals surface area contributed by atoms with Crippen LogP contribution < -0.4 is 0 Å². The van der Waals surface area contributed by atoms with Crippen LogP contribution in [-0.2, 0) is 8.92 Å². The molecule has 0 spiro atoms. The fourth-order valence-corrected chi connectivity index (χ4v) is 4.51. The molecule has 132 valence electrons. The highest BCUT2D eigenvalue weighted by molar-refractivity contribution is 7.75. The van der Waals surface area contributed by atoms with Crippen LogP contribution in [0.1, 0.15) is 59.8 Å². The minimum atomic E-state index is -0.357. The number of aliphatic hydroxyl groups is 1. The van der Waals surface area contributed by atoms with E-state index in [1.54, 1.807) is 7.11 Å². The van der Waals surface area contributed by atoms with Crippen molar-refractivity contribution in [3.63, 3.8) is 0 Å². The Labute approximate surface area is 142 Å². The van der Waals surface area contributed by atoms with Gasteiger partial charge >= 0.3 is 0 Å². The van der Waals surface area contributed by atoms with Crippen molar-refractivity contribution in [3.8, 4) is 0 Å². The molecular formula is C18H36O3S. The standard InChI is InChI=1S/C18H36O3S/c1-12(2)15-6-7-16(13(3)10-15)17(8-9-20-5)18(21-22)11-14(4)19/h12-19,22H,6-11H2,1-5H3/t13?,14?,15?,16-,17?,18?/m0/s1. The van der Waals surface area contributed by atoms with E-state index in [1.807, 2.05) is 6.92 Å². The van der Waals surface area contributed by atoms with Crippen molar-refractivity contribution in [3.05, 3.63) is 0 Å². The first-order chi connectivity index (χ1) is 10.4. The van der Waals surface area contributed by atoms with Gasteiger partial charge < -0.3 is 14.0 Å². The van der Waals surface area contributed by atoms with Crippen molar-refractivity contribution in [1.82, 2.24) is 0 Å². The molecule has 1 saturated carbocycles. The molecule has 1 aliphatic carbocycles. The maximum absolute atomic E-state index is 9.76. The third kappa shape index (κ3) is 6.03. The van der Waals surface area contributed by atoms with Crippen molar-refractivity contribution < 1.29 is 14.0 Å². The van der Waals surface area contributed by atoms with Gasteiger partial charge in [-0.3, -0.25) is 0 Å². The second-order valence-electron chi connectivity index (χ2n) is 7.63. The largest absolute Gasteiger partial charge is 0.393 e. The van der Waals surface area contributed by atoms with Crippen LogP contribution in [0.5, 0.6) is 0 Å². The molecule has 0 bridgehead atoms. The smallest absolute Gasteiger partial charge is 0.0775 e. The van der Waals surface area contributed by atoms with Crippen LogP contribution in [0.15, 0.2) is 0 Å². The number of thiol groups is 1. The molecule has 0 amide bonds. The third-order valence-electron chi connectivity index (χ3n) is 5.61. The Morgan fingerprint density at radius 2 is 1.91 bits per heavy atom. The van der Waals surface area contributed by atoms with Crippen molar-refractivity contribution in [2.45, 2.75) is 72.0 Å². The van der Waals surface area contributed by atoms with E-state index in [9.17, 15) is 5.11 Å². The molecule has 0 aliphatic heterocycles. The minimum Gasteiger partial charge on any atom is -0.393 e. The Balaban J connectivity index is 2.77. The fourth-order valence-electron chi connectivity index (χ4n) is 4.26. The molecule has 1 rings (SSSR count). The Kier molecular flexibility index (Phi) is 9.37. The monoisotopic (exact) mass is 332 g/mol. The lowest BCUT2D eigenvalue weighted by Gasteiger charge is -2.42. The van der Waals surface area contributed by atoms with Gasteiger partial charge in [-0.2, -0.15) is 0 Å². The zero-order chi connectivity index (χ0) is 16.7. The van der Waals surface area contributed by atoms with Gasteiger partial charge in [-0.1, -0.05) is 20.8 Å². The van der Waals surface area contributed by atoms with Gasteiger partial charge in [0.15, 0.2) is 0 Å². The molecule has 22 heavy (non-hydrogen) atoms. The highest BCUT2D eigenvalue weighted by atomic mass is 32.1. The van der Waals surface area contributed by atoms with Crippen LogP contribution in [0.25, 0.3) is 0 Å². The summed E-state index contributed by atoms with van der Waals surface area (Å²) in [5.41, 5.74) is 0. The van der Waals surface area contributed by atoms with Gasteiger partial charge in [-0.25, -0.2) is 0 Å². The molecule has 0 aromatic rings. The van der Waals surface area contributed by atoms with E-state index >= 15 is 0 Å². The van der Waals surface area contributed by atoms with Crippen LogP contribution in [0, 0.1) is 29.6 Å². The van der Waals surface area contributed by atoms with Gasteiger partial charge in [0.2, 0.25) is 0 Å². The quantitative estimate of drug-likeness (QED) is 0.487. The molecule has 1 N–H and O–H groups in total. The molecule has 0 saturated heterocycles. The van der Waals surface area contributed by atoms with Crippen LogP contribution in [0.3, 0.4) is 0 Å². The number of methoxy groups -OCH3 is 1. The SMILES string of the molecule is COCCC(C(CC(C)O)OS)[C@H]1CCC(C(C)C)CC1C. The van der Waals surface area contributed by atoms with Crippen LogP contribution in [-0.4, -0.2) is 31.0 Å². The van der Waals surface area contributed by atoms with Crippen molar-refractivity contribution in [2.75, 3.05) is 13.7 Å². The zero-order valence-corrected chi connectivity index (χ0v) is 15.9. The van der Waals surface area contributed by atoms with E-state index in [4.69, 9.17) is 8.92 Å². The van der Waals surface area contributed by atoms with Gasteiger partial charge in [0.05, 0.1) is 12.2 Å². The second-order valence-corrected chi connectivity index (χ2v) is 7.84.